The minimum atomic E-state index is -0.246. The van der Waals surface area contributed by atoms with Crippen LogP contribution in [-0.4, -0.2) is 40.7 Å². The van der Waals surface area contributed by atoms with Crippen LogP contribution < -0.4 is 5.73 Å². The Labute approximate surface area is 125 Å². The summed E-state index contributed by atoms with van der Waals surface area (Å²) in [6, 6.07) is 5.37. The fourth-order valence-corrected chi connectivity index (χ4v) is 3.16. The lowest BCUT2D eigenvalue weighted by atomic mass is 10.1. The van der Waals surface area contributed by atoms with Crippen molar-refractivity contribution in [3.05, 3.63) is 28.2 Å². The maximum Gasteiger partial charge on any atom is 0.246 e. The van der Waals surface area contributed by atoms with E-state index in [1.54, 1.807) is 9.80 Å². The molecule has 0 radical (unpaired) electrons. The number of nitrogens with two attached hydrogens (primary N) is 1. The van der Waals surface area contributed by atoms with E-state index in [2.05, 4.69) is 15.9 Å². The Balaban J connectivity index is 1.78. The maximum atomic E-state index is 12.4. The van der Waals surface area contributed by atoms with Crippen molar-refractivity contribution < 1.29 is 9.59 Å². The van der Waals surface area contributed by atoms with E-state index < -0.39 is 0 Å². The molecule has 5 nitrogen and oxygen atoms in total. The lowest BCUT2D eigenvalue weighted by Crippen LogP contribution is -2.56. The molecule has 3 rings (SSSR count). The van der Waals surface area contributed by atoms with Crippen LogP contribution in [-0.2, 0) is 16.1 Å². The second kappa shape index (κ2) is 5.09. The molecular formula is C14H16BrN3O2. The number of benzene rings is 1. The number of piperazine rings is 1. The van der Waals surface area contributed by atoms with Crippen LogP contribution in [0.25, 0.3) is 0 Å². The standard InChI is InChI=1S/C14H16BrN3O2/c15-10-4-3-9(6-11(10)16)7-17-8-13(19)18-5-1-2-12(18)14(17)20/h3-4,6,12H,1-2,5,7-8,16H2. The van der Waals surface area contributed by atoms with Crippen LogP contribution in [0, 0.1) is 0 Å². The molecule has 0 aromatic heterocycles. The highest BCUT2D eigenvalue weighted by molar-refractivity contribution is 9.10. The number of amides is 2. The predicted octanol–water partition coefficient (Wildman–Crippen LogP) is 1.36. The second-order valence-corrected chi connectivity index (χ2v) is 6.15. The number of rotatable bonds is 2. The highest BCUT2D eigenvalue weighted by Crippen LogP contribution is 2.26. The first-order valence-electron chi connectivity index (χ1n) is 6.68. The molecule has 6 heteroatoms. The SMILES string of the molecule is Nc1cc(CN2CC(=O)N3CCCC3C2=O)ccc1Br. The lowest BCUT2D eigenvalue weighted by molar-refractivity contribution is -0.154. The molecule has 2 heterocycles. The first kappa shape index (κ1) is 13.4. The molecule has 0 spiro atoms. The van der Waals surface area contributed by atoms with Crippen molar-refractivity contribution >= 4 is 33.4 Å². The molecule has 0 aliphatic carbocycles. The zero-order valence-electron chi connectivity index (χ0n) is 11.0. The third-order valence-electron chi connectivity index (χ3n) is 3.93. The summed E-state index contributed by atoms with van der Waals surface area (Å²) < 4.78 is 0.837. The molecule has 106 valence electrons. The second-order valence-electron chi connectivity index (χ2n) is 5.30. The minimum absolute atomic E-state index is 0.0529. The summed E-state index contributed by atoms with van der Waals surface area (Å²) >= 11 is 3.35. The predicted molar refractivity (Wildman–Crippen MR) is 78.7 cm³/mol. The van der Waals surface area contributed by atoms with Gasteiger partial charge in [-0.3, -0.25) is 9.59 Å². The number of fused-ring (bicyclic) bond motifs is 1. The van der Waals surface area contributed by atoms with Gasteiger partial charge in [0.05, 0.1) is 0 Å². The number of nitrogens with zero attached hydrogens (tertiary/aromatic N) is 2. The summed E-state index contributed by atoms with van der Waals surface area (Å²) in [5.41, 5.74) is 7.43. The van der Waals surface area contributed by atoms with Gasteiger partial charge in [-0.25, -0.2) is 0 Å². The van der Waals surface area contributed by atoms with Gasteiger partial charge in [0.15, 0.2) is 0 Å². The van der Waals surface area contributed by atoms with Crippen LogP contribution in [0.15, 0.2) is 22.7 Å². The van der Waals surface area contributed by atoms with Gasteiger partial charge < -0.3 is 15.5 Å². The number of nitrogen functional groups attached to an aromatic ring is 1. The number of anilines is 1. The molecule has 2 N–H and O–H groups in total. The van der Waals surface area contributed by atoms with Crippen LogP contribution in [0.4, 0.5) is 5.69 Å². The van der Waals surface area contributed by atoms with E-state index >= 15 is 0 Å². The summed E-state index contributed by atoms with van der Waals surface area (Å²) in [4.78, 5) is 27.8. The maximum absolute atomic E-state index is 12.4. The van der Waals surface area contributed by atoms with Gasteiger partial charge in [0.25, 0.3) is 0 Å². The largest absolute Gasteiger partial charge is 0.398 e. The van der Waals surface area contributed by atoms with Gasteiger partial charge in [-0.15, -0.1) is 0 Å². The Morgan fingerprint density at radius 3 is 2.90 bits per heavy atom. The fourth-order valence-electron chi connectivity index (χ4n) is 2.91. The van der Waals surface area contributed by atoms with Crippen molar-refractivity contribution in [2.24, 2.45) is 0 Å². The van der Waals surface area contributed by atoms with Crippen molar-refractivity contribution in [2.75, 3.05) is 18.8 Å². The van der Waals surface area contributed by atoms with E-state index in [4.69, 9.17) is 5.73 Å². The number of carbonyl (C=O) groups is 2. The van der Waals surface area contributed by atoms with Crippen LogP contribution in [0.2, 0.25) is 0 Å². The molecule has 1 atom stereocenters. The van der Waals surface area contributed by atoms with Crippen molar-refractivity contribution in [2.45, 2.75) is 25.4 Å². The van der Waals surface area contributed by atoms with E-state index in [0.29, 0.717) is 18.8 Å². The van der Waals surface area contributed by atoms with E-state index in [0.717, 1.165) is 22.9 Å². The van der Waals surface area contributed by atoms with E-state index in [1.165, 1.54) is 0 Å². The molecule has 1 aromatic carbocycles. The molecule has 1 unspecified atom stereocenters. The molecule has 2 aliphatic heterocycles. The quantitative estimate of drug-likeness (QED) is 0.828. The number of halogens is 1. The first-order chi connectivity index (χ1) is 9.56. The van der Waals surface area contributed by atoms with E-state index in [-0.39, 0.29) is 24.4 Å². The molecule has 0 saturated carbocycles. The third kappa shape index (κ3) is 2.28. The molecule has 0 bridgehead atoms. The normalized spacial score (nSPS) is 22.4. The van der Waals surface area contributed by atoms with Gasteiger partial charge in [0.2, 0.25) is 11.8 Å². The number of carbonyl (C=O) groups excluding carboxylic acids is 2. The molecule has 2 aliphatic rings. The number of hydrogen-bond donors (Lipinski definition) is 1. The van der Waals surface area contributed by atoms with E-state index in [1.807, 2.05) is 18.2 Å². The summed E-state index contributed by atoms with van der Waals surface area (Å²) in [6.45, 7) is 1.33. The highest BCUT2D eigenvalue weighted by atomic mass is 79.9. The lowest BCUT2D eigenvalue weighted by Gasteiger charge is -2.36. The van der Waals surface area contributed by atoms with Crippen molar-refractivity contribution in [3.63, 3.8) is 0 Å². The molecule has 2 saturated heterocycles. The molecular weight excluding hydrogens is 322 g/mol. The Morgan fingerprint density at radius 1 is 1.35 bits per heavy atom. The summed E-state index contributed by atoms with van der Waals surface area (Å²) in [5.74, 6) is 0.112. The van der Waals surface area contributed by atoms with Crippen LogP contribution in [0.1, 0.15) is 18.4 Å². The first-order valence-corrected chi connectivity index (χ1v) is 7.48. The van der Waals surface area contributed by atoms with Gasteiger partial charge in [0.1, 0.15) is 12.6 Å². The highest BCUT2D eigenvalue weighted by Gasteiger charge is 2.41. The smallest absolute Gasteiger partial charge is 0.246 e. The van der Waals surface area contributed by atoms with E-state index in [9.17, 15) is 9.59 Å². The summed E-state index contributed by atoms with van der Waals surface area (Å²) in [5, 5.41) is 0. The van der Waals surface area contributed by atoms with Gasteiger partial charge >= 0.3 is 0 Å². The monoisotopic (exact) mass is 337 g/mol. The molecule has 2 amide bonds. The summed E-state index contributed by atoms with van der Waals surface area (Å²) in [7, 11) is 0. The van der Waals surface area contributed by atoms with Crippen LogP contribution in [0.3, 0.4) is 0 Å². The molecule has 1 aromatic rings. The van der Waals surface area contributed by atoms with Gasteiger partial charge in [-0.2, -0.15) is 0 Å². The van der Waals surface area contributed by atoms with Crippen LogP contribution in [0.5, 0.6) is 0 Å². The Kier molecular flexibility index (Phi) is 3.41. The average molecular weight is 338 g/mol. The van der Waals surface area contributed by atoms with Crippen molar-refractivity contribution in [1.29, 1.82) is 0 Å². The zero-order valence-corrected chi connectivity index (χ0v) is 12.6. The zero-order chi connectivity index (χ0) is 14.3. The molecule has 20 heavy (non-hydrogen) atoms. The summed E-state index contributed by atoms with van der Waals surface area (Å²) in [6.07, 6.45) is 1.70. The van der Waals surface area contributed by atoms with Crippen molar-refractivity contribution in [1.82, 2.24) is 9.80 Å². The Morgan fingerprint density at radius 2 is 2.15 bits per heavy atom. The molecule has 2 fully saturated rings. The van der Waals surface area contributed by atoms with Gasteiger partial charge in [-0.1, -0.05) is 6.07 Å². The Bertz CT molecular complexity index is 576. The van der Waals surface area contributed by atoms with Crippen molar-refractivity contribution in [3.8, 4) is 0 Å². The number of hydrogen-bond acceptors (Lipinski definition) is 3. The van der Waals surface area contributed by atoms with Gasteiger partial charge in [-0.05, 0) is 46.5 Å². The Hall–Kier alpha value is -1.56. The average Bonchev–Trinajstić information content (AvgIpc) is 2.90. The van der Waals surface area contributed by atoms with Gasteiger partial charge in [0, 0.05) is 23.2 Å². The van der Waals surface area contributed by atoms with Crippen LogP contribution >= 0.6 is 15.9 Å². The fraction of sp³-hybridized carbons (Fsp3) is 0.429. The topological polar surface area (TPSA) is 66.6 Å². The minimum Gasteiger partial charge on any atom is -0.398 e. The third-order valence-corrected chi connectivity index (χ3v) is 4.65.